The molecular formula is C25H29N3O4. The fourth-order valence-corrected chi connectivity index (χ4v) is 5.65. The van der Waals surface area contributed by atoms with Crippen molar-refractivity contribution in [1.29, 1.82) is 0 Å². The molecule has 2 saturated heterocycles. The highest BCUT2D eigenvalue weighted by atomic mass is 16.3. The maximum absolute atomic E-state index is 13.4. The van der Waals surface area contributed by atoms with Crippen LogP contribution in [0.15, 0.2) is 36.4 Å². The molecule has 2 amide bonds. The fourth-order valence-electron chi connectivity index (χ4n) is 5.65. The Labute approximate surface area is 187 Å². The minimum atomic E-state index is -0.445. The maximum atomic E-state index is 13.4. The standard InChI is InChI=1S/C25H29N3O4/c1-14(15-6-3-2-4-7-15)27-24(31)22-21-16(12-20(29)23(22)30)9-11-28-19(21)13-18-17(25(28)32)8-5-10-26-18/h2-4,6-7,12,14,17-19,26,29-30H,5,8-11,13H2,1H3,(H,27,31)/t14-,17-,18-,19+/m1/s1. The molecule has 0 saturated carbocycles. The Bertz CT molecular complexity index is 1050. The van der Waals surface area contributed by atoms with Crippen molar-refractivity contribution in [2.75, 3.05) is 13.1 Å². The number of amides is 2. The molecule has 168 valence electrons. The second kappa shape index (κ2) is 8.13. The number of rotatable bonds is 3. The summed E-state index contributed by atoms with van der Waals surface area (Å²) in [6.07, 6.45) is 3.11. The van der Waals surface area contributed by atoms with E-state index >= 15 is 0 Å². The summed E-state index contributed by atoms with van der Waals surface area (Å²) >= 11 is 0. The van der Waals surface area contributed by atoms with Crippen LogP contribution in [0, 0.1) is 5.92 Å². The Morgan fingerprint density at radius 3 is 2.81 bits per heavy atom. The Morgan fingerprint density at radius 2 is 2.03 bits per heavy atom. The first kappa shape index (κ1) is 20.8. The van der Waals surface area contributed by atoms with E-state index in [0.29, 0.717) is 24.9 Å². The second-order valence-corrected chi connectivity index (χ2v) is 9.14. The average molecular weight is 436 g/mol. The van der Waals surface area contributed by atoms with Crippen molar-refractivity contribution >= 4 is 11.8 Å². The molecule has 0 aliphatic carbocycles. The number of aromatic hydroxyl groups is 2. The van der Waals surface area contributed by atoms with E-state index in [1.807, 2.05) is 42.2 Å². The van der Waals surface area contributed by atoms with Crippen molar-refractivity contribution in [3.8, 4) is 11.5 Å². The van der Waals surface area contributed by atoms with Crippen molar-refractivity contribution < 1.29 is 19.8 Å². The lowest BCUT2D eigenvalue weighted by Gasteiger charge is -2.48. The van der Waals surface area contributed by atoms with Gasteiger partial charge in [-0.05, 0) is 61.9 Å². The number of hydrogen-bond acceptors (Lipinski definition) is 5. The first-order valence-electron chi connectivity index (χ1n) is 11.4. The summed E-state index contributed by atoms with van der Waals surface area (Å²) in [4.78, 5) is 28.6. The molecule has 0 spiro atoms. The van der Waals surface area contributed by atoms with Gasteiger partial charge in [-0.25, -0.2) is 0 Å². The smallest absolute Gasteiger partial charge is 0.256 e. The van der Waals surface area contributed by atoms with Gasteiger partial charge in [0.25, 0.3) is 5.91 Å². The molecule has 2 aromatic rings. The van der Waals surface area contributed by atoms with Crippen LogP contribution in [0.5, 0.6) is 11.5 Å². The molecule has 2 fully saturated rings. The summed E-state index contributed by atoms with van der Waals surface area (Å²) in [5.74, 6) is -1.07. The van der Waals surface area contributed by atoms with E-state index in [-0.39, 0.29) is 41.3 Å². The van der Waals surface area contributed by atoms with Gasteiger partial charge in [0.1, 0.15) is 0 Å². The molecule has 3 aliphatic rings. The lowest BCUT2D eigenvalue weighted by molar-refractivity contribution is -0.145. The lowest BCUT2D eigenvalue weighted by atomic mass is 9.75. The van der Waals surface area contributed by atoms with Gasteiger partial charge in [-0.15, -0.1) is 0 Å². The maximum Gasteiger partial charge on any atom is 0.256 e. The van der Waals surface area contributed by atoms with Crippen LogP contribution in [0.1, 0.15) is 65.3 Å². The van der Waals surface area contributed by atoms with E-state index in [4.69, 9.17) is 0 Å². The number of carbonyl (C=O) groups excluding carboxylic acids is 2. The predicted molar refractivity (Wildman–Crippen MR) is 119 cm³/mol. The summed E-state index contributed by atoms with van der Waals surface area (Å²) in [6.45, 7) is 3.33. The molecule has 4 N–H and O–H groups in total. The molecule has 0 unspecified atom stereocenters. The number of piperidine rings is 2. The number of nitrogens with one attached hydrogen (secondary N) is 2. The van der Waals surface area contributed by atoms with E-state index in [2.05, 4.69) is 10.6 Å². The molecular weight excluding hydrogens is 406 g/mol. The summed E-state index contributed by atoms with van der Waals surface area (Å²) in [5, 5.41) is 27.6. The van der Waals surface area contributed by atoms with Gasteiger partial charge in [0, 0.05) is 12.6 Å². The molecule has 0 radical (unpaired) electrons. The van der Waals surface area contributed by atoms with Gasteiger partial charge in [0.15, 0.2) is 11.5 Å². The van der Waals surface area contributed by atoms with Gasteiger partial charge in [0.05, 0.1) is 23.6 Å². The molecule has 3 heterocycles. The van der Waals surface area contributed by atoms with Crippen molar-refractivity contribution in [2.45, 2.75) is 50.7 Å². The van der Waals surface area contributed by atoms with Crippen LogP contribution >= 0.6 is 0 Å². The van der Waals surface area contributed by atoms with Crippen molar-refractivity contribution in [3.63, 3.8) is 0 Å². The van der Waals surface area contributed by atoms with Crippen molar-refractivity contribution in [2.24, 2.45) is 5.92 Å². The second-order valence-electron chi connectivity index (χ2n) is 9.14. The number of hydrogen-bond donors (Lipinski definition) is 4. The van der Waals surface area contributed by atoms with Gasteiger partial charge >= 0.3 is 0 Å². The van der Waals surface area contributed by atoms with Gasteiger partial charge in [-0.2, -0.15) is 0 Å². The minimum absolute atomic E-state index is 0.0253. The zero-order valence-electron chi connectivity index (χ0n) is 18.2. The van der Waals surface area contributed by atoms with Crippen LogP contribution in [0.2, 0.25) is 0 Å². The van der Waals surface area contributed by atoms with Crippen LogP contribution in [-0.2, 0) is 11.2 Å². The molecule has 0 aromatic heterocycles. The monoisotopic (exact) mass is 435 g/mol. The first-order chi connectivity index (χ1) is 15.5. The number of carbonyl (C=O) groups is 2. The molecule has 0 bridgehead atoms. The van der Waals surface area contributed by atoms with Crippen LogP contribution in [0.3, 0.4) is 0 Å². The average Bonchev–Trinajstić information content (AvgIpc) is 2.80. The molecule has 2 aromatic carbocycles. The highest BCUT2D eigenvalue weighted by molar-refractivity contribution is 6.00. The molecule has 3 aliphatic heterocycles. The number of nitrogens with zero attached hydrogens (tertiary/aromatic N) is 1. The first-order valence-corrected chi connectivity index (χ1v) is 11.4. The number of phenols is 2. The molecule has 4 atom stereocenters. The summed E-state index contributed by atoms with van der Waals surface area (Å²) < 4.78 is 0. The third kappa shape index (κ3) is 3.41. The van der Waals surface area contributed by atoms with E-state index in [9.17, 15) is 19.8 Å². The third-order valence-corrected chi connectivity index (χ3v) is 7.27. The number of phenolic OH excluding ortho intramolecular Hbond substituents is 2. The van der Waals surface area contributed by atoms with Crippen LogP contribution in [-0.4, -0.2) is 46.1 Å². The quantitative estimate of drug-likeness (QED) is 0.556. The summed E-state index contributed by atoms with van der Waals surface area (Å²) in [5.41, 5.74) is 2.52. The van der Waals surface area contributed by atoms with Gasteiger partial charge in [-0.3, -0.25) is 9.59 Å². The normalized spacial score (nSPS) is 25.3. The molecule has 5 rings (SSSR count). The molecule has 7 heteroatoms. The van der Waals surface area contributed by atoms with E-state index < -0.39 is 11.7 Å². The van der Waals surface area contributed by atoms with Crippen LogP contribution < -0.4 is 10.6 Å². The number of fused-ring (bicyclic) bond motifs is 4. The number of benzene rings is 2. The zero-order valence-corrected chi connectivity index (χ0v) is 18.2. The van der Waals surface area contributed by atoms with Gasteiger partial charge in [-0.1, -0.05) is 30.3 Å². The lowest BCUT2D eigenvalue weighted by Crippen LogP contribution is -2.58. The predicted octanol–water partition coefficient (Wildman–Crippen LogP) is 2.79. The Balaban J connectivity index is 1.53. The molecule has 7 nitrogen and oxygen atoms in total. The van der Waals surface area contributed by atoms with E-state index in [1.54, 1.807) is 6.07 Å². The third-order valence-electron chi connectivity index (χ3n) is 7.27. The Morgan fingerprint density at radius 1 is 1.25 bits per heavy atom. The Kier molecular flexibility index (Phi) is 5.29. The SMILES string of the molecule is C[C@@H](NC(=O)c1c(O)c(O)cc2c1[C@@H]1C[C@H]3NCCC[C@H]3C(=O)N1CC2)c1ccccc1. The minimum Gasteiger partial charge on any atom is -0.504 e. The van der Waals surface area contributed by atoms with Gasteiger partial charge < -0.3 is 25.7 Å². The van der Waals surface area contributed by atoms with Crippen LogP contribution in [0.4, 0.5) is 0 Å². The largest absolute Gasteiger partial charge is 0.504 e. The van der Waals surface area contributed by atoms with Crippen LogP contribution in [0.25, 0.3) is 0 Å². The highest BCUT2D eigenvalue weighted by Crippen LogP contribution is 2.46. The summed E-state index contributed by atoms with van der Waals surface area (Å²) in [6, 6.07) is 10.6. The fraction of sp³-hybridized carbons (Fsp3) is 0.440. The van der Waals surface area contributed by atoms with Crippen molar-refractivity contribution in [1.82, 2.24) is 15.5 Å². The van der Waals surface area contributed by atoms with E-state index in [1.165, 1.54) is 0 Å². The zero-order chi connectivity index (χ0) is 22.4. The Hall–Kier alpha value is -3.06. The molecule has 32 heavy (non-hydrogen) atoms. The summed E-state index contributed by atoms with van der Waals surface area (Å²) in [7, 11) is 0. The van der Waals surface area contributed by atoms with Gasteiger partial charge in [0.2, 0.25) is 5.91 Å². The topological polar surface area (TPSA) is 102 Å². The highest BCUT2D eigenvalue weighted by Gasteiger charge is 2.46. The van der Waals surface area contributed by atoms with E-state index in [0.717, 1.165) is 30.5 Å². The van der Waals surface area contributed by atoms with Crippen molar-refractivity contribution in [3.05, 3.63) is 58.7 Å².